The Labute approximate surface area is 123 Å². The molecule has 0 unspecified atom stereocenters. The van der Waals surface area contributed by atoms with Crippen molar-refractivity contribution in [3.63, 3.8) is 0 Å². The van der Waals surface area contributed by atoms with Gasteiger partial charge in [0.25, 0.3) is 0 Å². The van der Waals surface area contributed by atoms with Crippen LogP contribution in [0.5, 0.6) is 5.75 Å². The van der Waals surface area contributed by atoms with Gasteiger partial charge < -0.3 is 15.2 Å². The normalized spacial score (nSPS) is 26.0. The Morgan fingerprint density at radius 1 is 1.33 bits per heavy atom. The monoisotopic (exact) mass is 289 g/mol. The van der Waals surface area contributed by atoms with E-state index in [0.717, 1.165) is 5.56 Å². The van der Waals surface area contributed by atoms with Crippen LogP contribution >= 0.6 is 0 Å². The molecule has 0 saturated heterocycles. The van der Waals surface area contributed by atoms with E-state index in [-0.39, 0.29) is 17.4 Å². The van der Waals surface area contributed by atoms with E-state index >= 15 is 0 Å². The Kier molecular flexibility index (Phi) is 3.57. The smallest absolute Gasteiger partial charge is 0.339 e. The molecule has 0 bridgehead atoms. The Balaban J connectivity index is 1.60. The SMILES string of the molecule is COc1cc(CNC(=O)C2[C@H]3CCC[C@H]23)ccc1C(=O)O. The molecule has 0 spiro atoms. The summed E-state index contributed by atoms with van der Waals surface area (Å²) in [4.78, 5) is 23.1. The average molecular weight is 289 g/mol. The van der Waals surface area contributed by atoms with Crippen molar-refractivity contribution >= 4 is 11.9 Å². The Morgan fingerprint density at radius 2 is 2.05 bits per heavy atom. The summed E-state index contributed by atoms with van der Waals surface area (Å²) < 4.78 is 5.08. The molecule has 1 amide bonds. The molecule has 2 saturated carbocycles. The second kappa shape index (κ2) is 5.39. The van der Waals surface area contributed by atoms with Crippen molar-refractivity contribution in [2.75, 3.05) is 7.11 Å². The maximum Gasteiger partial charge on any atom is 0.339 e. The van der Waals surface area contributed by atoms with Crippen LogP contribution in [0.1, 0.15) is 35.2 Å². The summed E-state index contributed by atoms with van der Waals surface area (Å²) in [5.74, 6) is 0.846. The third-order valence-electron chi connectivity index (χ3n) is 4.67. The lowest BCUT2D eigenvalue weighted by Gasteiger charge is -2.10. The number of aromatic carboxylic acids is 1. The van der Waals surface area contributed by atoms with Crippen LogP contribution in [0, 0.1) is 17.8 Å². The molecule has 2 atom stereocenters. The van der Waals surface area contributed by atoms with E-state index in [9.17, 15) is 9.59 Å². The van der Waals surface area contributed by atoms with Crippen LogP contribution in [-0.2, 0) is 11.3 Å². The Hall–Kier alpha value is -2.04. The number of carboxylic acids is 1. The van der Waals surface area contributed by atoms with Crippen LogP contribution in [0.2, 0.25) is 0 Å². The molecule has 0 radical (unpaired) electrons. The van der Waals surface area contributed by atoms with E-state index in [2.05, 4.69) is 5.32 Å². The highest BCUT2D eigenvalue weighted by Gasteiger charge is 2.56. The quantitative estimate of drug-likeness (QED) is 0.870. The van der Waals surface area contributed by atoms with Crippen molar-refractivity contribution < 1.29 is 19.4 Å². The van der Waals surface area contributed by atoms with Gasteiger partial charge in [0, 0.05) is 12.5 Å². The third kappa shape index (κ3) is 2.60. The molecule has 3 rings (SSSR count). The number of carboxylic acid groups (broad SMARTS) is 1. The number of hydrogen-bond donors (Lipinski definition) is 2. The Morgan fingerprint density at radius 3 is 2.67 bits per heavy atom. The van der Waals surface area contributed by atoms with E-state index in [0.29, 0.717) is 24.1 Å². The van der Waals surface area contributed by atoms with Crippen molar-refractivity contribution in [1.82, 2.24) is 5.32 Å². The molecule has 2 aliphatic carbocycles. The molecule has 5 heteroatoms. The number of ether oxygens (including phenoxy) is 1. The zero-order valence-corrected chi connectivity index (χ0v) is 12.0. The largest absolute Gasteiger partial charge is 0.496 e. The minimum Gasteiger partial charge on any atom is -0.496 e. The number of hydrogen-bond acceptors (Lipinski definition) is 3. The maximum atomic E-state index is 12.1. The number of benzene rings is 1. The number of rotatable bonds is 5. The van der Waals surface area contributed by atoms with Crippen LogP contribution in [0.25, 0.3) is 0 Å². The summed E-state index contributed by atoms with van der Waals surface area (Å²) in [6.45, 7) is 0.408. The number of carbonyl (C=O) groups excluding carboxylic acids is 1. The summed E-state index contributed by atoms with van der Waals surface area (Å²) in [5, 5.41) is 12.0. The maximum absolute atomic E-state index is 12.1. The van der Waals surface area contributed by atoms with E-state index in [1.807, 2.05) is 0 Å². The van der Waals surface area contributed by atoms with Crippen LogP contribution in [0.15, 0.2) is 18.2 Å². The number of carbonyl (C=O) groups is 2. The number of amides is 1. The van der Waals surface area contributed by atoms with Gasteiger partial charge in [-0.05, 0) is 42.4 Å². The van der Waals surface area contributed by atoms with Gasteiger partial charge in [-0.3, -0.25) is 4.79 Å². The van der Waals surface area contributed by atoms with Crippen LogP contribution in [0.3, 0.4) is 0 Å². The van der Waals surface area contributed by atoms with Crippen LogP contribution in [0.4, 0.5) is 0 Å². The zero-order valence-electron chi connectivity index (χ0n) is 12.0. The Bertz CT molecular complexity index is 574. The van der Waals surface area contributed by atoms with E-state index in [1.165, 1.54) is 32.4 Å². The fourth-order valence-corrected chi connectivity index (χ4v) is 3.54. The van der Waals surface area contributed by atoms with Gasteiger partial charge >= 0.3 is 5.97 Å². The minimum atomic E-state index is -1.02. The van der Waals surface area contributed by atoms with E-state index in [1.54, 1.807) is 12.1 Å². The molecule has 0 aliphatic heterocycles. The molecule has 0 aromatic heterocycles. The van der Waals surface area contributed by atoms with Crippen molar-refractivity contribution in [3.8, 4) is 5.75 Å². The summed E-state index contributed by atoms with van der Waals surface area (Å²) in [6.07, 6.45) is 3.63. The molecule has 1 aromatic rings. The van der Waals surface area contributed by atoms with Gasteiger partial charge in [0.15, 0.2) is 0 Å². The fraction of sp³-hybridized carbons (Fsp3) is 0.500. The molecule has 21 heavy (non-hydrogen) atoms. The summed E-state index contributed by atoms with van der Waals surface area (Å²) in [6, 6.07) is 4.88. The first kappa shape index (κ1) is 13.9. The summed E-state index contributed by atoms with van der Waals surface area (Å²) in [5.41, 5.74) is 0.973. The highest BCUT2D eigenvalue weighted by atomic mass is 16.5. The first-order valence-electron chi connectivity index (χ1n) is 7.29. The van der Waals surface area contributed by atoms with Crippen molar-refractivity contribution in [1.29, 1.82) is 0 Å². The van der Waals surface area contributed by atoms with E-state index in [4.69, 9.17) is 9.84 Å². The van der Waals surface area contributed by atoms with Gasteiger partial charge in [-0.1, -0.05) is 12.5 Å². The van der Waals surface area contributed by atoms with E-state index < -0.39 is 5.97 Å². The first-order valence-corrected chi connectivity index (χ1v) is 7.29. The molecule has 0 heterocycles. The third-order valence-corrected chi connectivity index (χ3v) is 4.67. The zero-order chi connectivity index (χ0) is 15.0. The molecule has 112 valence electrons. The van der Waals surface area contributed by atoms with Gasteiger partial charge in [-0.2, -0.15) is 0 Å². The lowest BCUT2D eigenvalue weighted by molar-refractivity contribution is -0.123. The average Bonchev–Trinajstić information content (AvgIpc) is 2.97. The molecule has 2 N–H and O–H groups in total. The molecule has 1 aromatic carbocycles. The highest BCUT2D eigenvalue weighted by Crippen LogP contribution is 2.57. The molecule has 5 nitrogen and oxygen atoms in total. The predicted molar refractivity (Wildman–Crippen MR) is 76.1 cm³/mol. The van der Waals surface area contributed by atoms with Gasteiger partial charge in [0.1, 0.15) is 11.3 Å². The second-order valence-corrected chi connectivity index (χ2v) is 5.84. The highest BCUT2D eigenvalue weighted by molar-refractivity contribution is 5.91. The van der Waals surface area contributed by atoms with Crippen LogP contribution in [-0.4, -0.2) is 24.1 Å². The number of fused-ring (bicyclic) bond motifs is 1. The minimum absolute atomic E-state index is 0.129. The van der Waals surface area contributed by atoms with Crippen molar-refractivity contribution in [2.45, 2.75) is 25.8 Å². The standard InChI is InChI=1S/C16H19NO4/c1-21-13-7-9(5-6-12(13)16(19)20)8-17-15(18)14-10-3-2-4-11(10)14/h5-7,10-11,14H,2-4,8H2,1H3,(H,17,18)(H,19,20)/t10-,11-/m0/s1. The number of methoxy groups -OCH3 is 1. The van der Waals surface area contributed by atoms with Gasteiger partial charge in [0.05, 0.1) is 7.11 Å². The fourth-order valence-electron chi connectivity index (χ4n) is 3.54. The first-order chi connectivity index (χ1) is 10.1. The molecular formula is C16H19NO4. The lowest BCUT2D eigenvalue weighted by atomic mass is 10.1. The summed E-state index contributed by atoms with van der Waals surface area (Å²) >= 11 is 0. The van der Waals surface area contributed by atoms with Crippen molar-refractivity contribution in [2.24, 2.45) is 17.8 Å². The number of nitrogens with one attached hydrogen (secondary N) is 1. The molecular weight excluding hydrogens is 270 g/mol. The van der Waals surface area contributed by atoms with Gasteiger partial charge in [0.2, 0.25) is 5.91 Å². The second-order valence-electron chi connectivity index (χ2n) is 5.84. The lowest BCUT2D eigenvalue weighted by Crippen LogP contribution is -2.26. The predicted octanol–water partition coefficient (Wildman–Crippen LogP) is 2.06. The van der Waals surface area contributed by atoms with Gasteiger partial charge in [-0.25, -0.2) is 4.79 Å². The molecule has 2 fully saturated rings. The topological polar surface area (TPSA) is 75.6 Å². The van der Waals surface area contributed by atoms with Crippen molar-refractivity contribution in [3.05, 3.63) is 29.3 Å². The summed E-state index contributed by atoms with van der Waals surface area (Å²) in [7, 11) is 1.44. The van der Waals surface area contributed by atoms with Gasteiger partial charge in [-0.15, -0.1) is 0 Å². The molecule has 2 aliphatic rings. The van der Waals surface area contributed by atoms with Crippen LogP contribution < -0.4 is 10.1 Å².